The molecule has 0 atom stereocenters. The summed E-state index contributed by atoms with van der Waals surface area (Å²) in [5.41, 5.74) is 1.53. The van der Waals surface area contributed by atoms with Gasteiger partial charge in [0.15, 0.2) is 5.58 Å². The van der Waals surface area contributed by atoms with E-state index < -0.39 is 0 Å². The molecule has 0 unspecified atom stereocenters. The van der Waals surface area contributed by atoms with E-state index in [1.165, 1.54) is 0 Å². The third-order valence-corrected chi connectivity index (χ3v) is 2.90. The molecule has 70 valence electrons. The molecule has 2 rings (SSSR count). The maximum Gasteiger partial charge on any atom is 0.266 e. The van der Waals surface area contributed by atoms with E-state index in [2.05, 4.69) is 25.8 Å². The topological polar surface area (TPSA) is 33.3 Å². The van der Waals surface area contributed by atoms with Gasteiger partial charge in [0.05, 0.1) is 21.6 Å². The number of halogens is 2. The maximum absolute atomic E-state index is 6.94. The van der Waals surface area contributed by atoms with Crippen LogP contribution < -0.4 is 0 Å². The lowest BCUT2D eigenvalue weighted by atomic mass is 10.3. The summed E-state index contributed by atoms with van der Waals surface area (Å²) in [5, 5.41) is 0.367. The zero-order valence-corrected chi connectivity index (χ0v) is 9.76. The van der Waals surface area contributed by atoms with Crippen LogP contribution in [0, 0.1) is 11.4 Å². The predicted octanol–water partition coefficient (Wildman–Crippen LogP) is 4.46. The third kappa shape index (κ3) is 1.36. The Balaban J connectivity index is 3.01. The van der Waals surface area contributed by atoms with Crippen molar-refractivity contribution in [3.05, 3.63) is 31.8 Å². The van der Waals surface area contributed by atoms with Gasteiger partial charge in [-0.05, 0) is 18.3 Å². The lowest BCUT2D eigenvalue weighted by Crippen LogP contribution is -1.73. The molecule has 2 aromatic rings. The van der Waals surface area contributed by atoms with Gasteiger partial charge in [-0.15, -0.1) is 0 Å². The second-order valence-electron chi connectivity index (χ2n) is 2.52. The average molecular weight is 290 g/mol. The summed E-state index contributed by atoms with van der Waals surface area (Å²) in [4.78, 5) is 6.38. The van der Waals surface area contributed by atoms with Gasteiger partial charge in [-0.2, -0.15) is 0 Å². The Bertz CT molecular complexity index is 610. The third-order valence-electron chi connectivity index (χ3n) is 1.69. The van der Waals surface area contributed by atoms with Crippen LogP contribution in [0.2, 0.25) is 5.02 Å². The highest BCUT2D eigenvalue weighted by Gasteiger charge is 2.13. The molecule has 0 aliphatic rings. The average Bonchev–Trinajstić information content (AvgIpc) is 2.47. The van der Waals surface area contributed by atoms with Crippen LogP contribution in [0.25, 0.3) is 15.9 Å². The van der Waals surface area contributed by atoms with Crippen molar-refractivity contribution in [1.29, 1.82) is 0 Å². The zero-order chi connectivity index (χ0) is 10.3. The molecule has 0 bridgehead atoms. The number of nitrogens with one attached hydrogen (secondary N) is 1. The summed E-state index contributed by atoms with van der Waals surface area (Å²) in [7, 11) is 0. The van der Waals surface area contributed by atoms with Crippen LogP contribution in [-0.4, -0.2) is 4.98 Å². The Morgan fingerprint density at radius 3 is 3.00 bits per heavy atom. The van der Waals surface area contributed by atoms with Crippen molar-refractivity contribution in [3.8, 4) is 0 Å². The molecule has 0 spiro atoms. The smallest absolute Gasteiger partial charge is 0.266 e. The van der Waals surface area contributed by atoms with E-state index in [1.54, 1.807) is 6.07 Å². The zero-order valence-electron chi connectivity index (χ0n) is 6.60. The fraction of sp³-hybridized carbons (Fsp3) is 0. The molecule has 1 heterocycles. The summed E-state index contributed by atoms with van der Waals surface area (Å²) in [6.45, 7) is 6.94. The summed E-state index contributed by atoms with van der Waals surface area (Å²) in [6.07, 6.45) is 0. The van der Waals surface area contributed by atoms with Crippen molar-refractivity contribution in [2.75, 3.05) is 0 Å². The van der Waals surface area contributed by atoms with E-state index in [0.717, 1.165) is 0 Å². The first-order valence-corrected chi connectivity index (χ1v) is 5.09. The van der Waals surface area contributed by atoms with Gasteiger partial charge in [0, 0.05) is 0 Å². The Morgan fingerprint density at radius 1 is 1.64 bits per heavy atom. The Labute approximate surface area is 97.6 Å². The van der Waals surface area contributed by atoms with E-state index in [-0.39, 0.29) is 4.84 Å². The first kappa shape index (κ1) is 9.71. The molecule has 1 aromatic heterocycles. The molecule has 0 saturated heterocycles. The van der Waals surface area contributed by atoms with Gasteiger partial charge in [-0.3, -0.25) is 0 Å². The van der Waals surface area contributed by atoms with Gasteiger partial charge in [-0.25, -0.2) is 4.85 Å². The number of hydrogen-bond acceptors (Lipinski definition) is 2. The highest BCUT2D eigenvalue weighted by molar-refractivity contribution is 9.10. The summed E-state index contributed by atoms with van der Waals surface area (Å²) < 4.78 is 5.74. The molecule has 1 aromatic carbocycles. The van der Waals surface area contributed by atoms with E-state index in [1.807, 2.05) is 0 Å². The molecule has 0 aliphatic heterocycles. The highest BCUT2D eigenvalue weighted by Crippen LogP contribution is 2.39. The highest BCUT2D eigenvalue weighted by atomic mass is 79.9. The van der Waals surface area contributed by atoms with Crippen molar-refractivity contribution in [2.24, 2.45) is 0 Å². The van der Waals surface area contributed by atoms with Gasteiger partial charge in [0.1, 0.15) is 0 Å². The van der Waals surface area contributed by atoms with Gasteiger partial charge in [0.25, 0.3) is 4.84 Å². The van der Waals surface area contributed by atoms with Gasteiger partial charge >= 0.3 is 0 Å². The van der Waals surface area contributed by atoms with Gasteiger partial charge in [-0.1, -0.05) is 27.5 Å². The lowest BCUT2D eigenvalue weighted by Gasteiger charge is -1.98. The van der Waals surface area contributed by atoms with E-state index in [0.29, 0.717) is 26.3 Å². The van der Waals surface area contributed by atoms with Crippen molar-refractivity contribution >= 4 is 56.5 Å². The van der Waals surface area contributed by atoms with Gasteiger partial charge in [0.2, 0.25) is 5.69 Å². The molecule has 0 fully saturated rings. The Kier molecular flexibility index (Phi) is 2.35. The van der Waals surface area contributed by atoms with E-state index in [4.69, 9.17) is 34.8 Å². The minimum absolute atomic E-state index is 0.263. The van der Waals surface area contributed by atoms with Crippen LogP contribution in [0.3, 0.4) is 0 Å². The number of fused-ring (bicyclic) bond motifs is 1. The molecule has 0 radical (unpaired) electrons. The maximum atomic E-state index is 6.94. The number of hydrogen-bond donors (Lipinski definition) is 1. The minimum atomic E-state index is 0.263. The van der Waals surface area contributed by atoms with Crippen molar-refractivity contribution in [2.45, 2.75) is 0 Å². The summed E-state index contributed by atoms with van der Waals surface area (Å²) >= 11 is 14.0. The van der Waals surface area contributed by atoms with E-state index >= 15 is 0 Å². The molecule has 14 heavy (non-hydrogen) atoms. The SMILES string of the molecule is [C-]#[N+]c1c(Cl)cc2[nH]c(=S)oc2c1Br. The molecule has 0 saturated carbocycles. The molecule has 3 nitrogen and oxygen atoms in total. The minimum Gasteiger partial charge on any atom is -0.430 e. The number of aromatic amines is 1. The fourth-order valence-electron chi connectivity index (χ4n) is 1.11. The number of oxazole rings is 1. The van der Waals surface area contributed by atoms with Crippen molar-refractivity contribution in [1.82, 2.24) is 4.98 Å². The van der Waals surface area contributed by atoms with Crippen LogP contribution in [0.15, 0.2) is 15.0 Å². The fourth-order valence-corrected chi connectivity index (χ4v) is 2.26. The molecule has 1 N–H and O–H groups in total. The number of nitrogens with zero attached hydrogens (tertiary/aromatic N) is 1. The standard InChI is InChI=1S/C8H2BrClN2OS/c1-11-6-3(10)2-4-7(5(6)9)13-8(14)12-4/h2H,(H,12,14). The summed E-state index contributed by atoms with van der Waals surface area (Å²) in [5.74, 6) is 0. The van der Waals surface area contributed by atoms with Crippen LogP contribution in [0.4, 0.5) is 5.69 Å². The first-order valence-electron chi connectivity index (χ1n) is 3.51. The number of H-pyrrole nitrogens is 1. The molecule has 6 heteroatoms. The first-order chi connectivity index (χ1) is 6.63. The molecule has 0 aliphatic carbocycles. The second kappa shape index (κ2) is 3.39. The molecule has 0 amide bonds. The normalized spacial score (nSPS) is 10.4. The largest absolute Gasteiger partial charge is 0.430 e. The Morgan fingerprint density at radius 2 is 2.36 bits per heavy atom. The van der Waals surface area contributed by atoms with Crippen LogP contribution in [0.5, 0.6) is 0 Å². The predicted molar refractivity (Wildman–Crippen MR) is 60.4 cm³/mol. The lowest BCUT2D eigenvalue weighted by molar-refractivity contribution is 0.582. The monoisotopic (exact) mass is 288 g/mol. The second-order valence-corrected chi connectivity index (χ2v) is 4.09. The van der Waals surface area contributed by atoms with Gasteiger partial charge < -0.3 is 9.40 Å². The Hall–Kier alpha value is -0.830. The molecular formula is C8H2BrClN2OS. The number of aromatic nitrogens is 1. The summed E-state index contributed by atoms with van der Waals surface area (Å²) in [6, 6.07) is 1.62. The molecular weight excluding hydrogens is 288 g/mol. The number of benzene rings is 1. The van der Waals surface area contributed by atoms with Crippen molar-refractivity contribution < 1.29 is 4.42 Å². The van der Waals surface area contributed by atoms with Crippen LogP contribution in [0.1, 0.15) is 0 Å². The van der Waals surface area contributed by atoms with Crippen molar-refractivity contribution in [3.63, 3.8) is 0 Å². The quantitative estimate of drug-likeness (QED) is 0.574. The number of rotatable bonds is 0. The van der Waals surface area contributed by atoms with Crippen LogP contribution >= 0.6 is 39.7 Å². The van der Waals surface area contributed by atoms with E-state index in [9.17, 15) is 0 Å². The van der Waals surface area contributed by atoms with Crippen LogP contribution in [-0.2, 0) is 0 Å².